The average Bonchev–Trinajstić information content (AvgIpc) is 2.44. The van der Waals surface area contributed by atoms with Crippen molar-refractivity contribution in [2.75, 3.05) is 0 Å². The van der Waals surface area contributed by atoms with Crippen molar-refractivity contribution in [3.8, 4) is 0 Å². The van der Waals surface area contributed by atoms with E-state index in [0.717, 1.165) is 5.56 Å². The molecule has 0 unspecified atom stereocenters. The number of esters is 1. The zero-order valence-corrected chi connectivity index (χ0v) is 15.3. The molecule has 1 rings (SSSR count). The van der Waals surface area contributed by atoms with Crippen molar-refractivity contribution in [3.63, 3.8) is 0 Å². The van der Waals surface area contributed by atoms with Crippen LogP contribution in [-0.2, 0) is 20.7 Å². The third-order valence-electron chi connectivity index (χ3n) is 3.43. The smallest absolute Gasteiger partial charge is 0.324 e. The maximum Gasteiger partial charge on any atom is 0.324 e. The number of ether oxygens (including phenoxy) is 1. The van der Waals surface area contributed by atoms with Crippen molar-refractivity contribution in [3.05, 3.63) is 35.9 Å². The third kappa shape index (κ3) is 7.59. The lowest BCUT2D eigenvalue weighted by Gasteiger charge is -2.27. The van der Waals surface area contributed by atoms with Gasteiger partial charge in [0.25, 0.3) is 0 Å². The Morgan fingerprint density at radius 2 is 1.71 bits per heavy atom. The van der Waals surface area contributed by atoms with Crippen molar-refractivity contribution >= 4 is 11.9 Å². The SMILES string of the molecule is CC(C)C[C@@H](N[C@@H](Cc1ccccc1)C(=O)OC(C)(C)C)C(N)=O. The van der Waals surface area contributed by atoms with Gasteiger partial charge in [0.2, 0.25) is 5.91 Å². The maximum atomic E-state index is 12.6. The Morgan fingerprint density at radius 3 is 2.17 bits per heavy atom. The van der Waals surface area contributed by atoms with Gasteiger partial charge in [0, 0.05) is 0 Å². The Balaban J connectivity index is 2.94. The summed E-state index contributed by atoms with van der Waals surface area (Å²) < 4.78 is 5.50. The first kappa shape index (κ1) is 20.2. The average molecular weight is 334 g/mol. The number of amides is 1. The molecule has 5 nitrogen and oxygen atoms in total. The van der Waals surface area contributed by atoms with E-state index >= 15 is 0 Å². The summed E-state index contributed by atoms with van der Waals surface area (Å²) in [5, 5.41) is 3.11. The van der Waals surface area contributed by atoms with Gasteiger partial charge >= 0.3 is 5.97 Å². The number of benzene rings is 1. The van der Waals surface area contributed by atoms with Gasteiger partial charge in [-0.1, -0.05) is 44.2 Å². The topological polar surface area (TPSA) is 81.4 Å². The number of hydrogen-bond donors (Lipinski definition) is 2. The zero-order valence-electron chi connectivity index (χ0n) is 15.3. The molecule has 0 fully saturated rings. The van der Waals surface area contributed by atoms with Gasteiger partial charge in [0.15, 0.2) is 0 Å². The van der Waals surface area contributed by atoms with Gasteiger partial charge in [-0.15, -0.1) is 0 Å². The second-order valence-corrected chi connectivity index (χ2v) is 7.53. The molecule has 0 spiro atoms. The van der Waals surface area contributed by atoms with Crippen molar-refractivity contribution < 1.29 is 14.3 Å². The molecule has 3 N–H and O–H groups in total. The number of carbonyl (C=O) groups excluding carboxylic acids is 2. The molecule has 1 aromatic rings. The fraction of sp³-hybridized carbons (Fsp3) is 0.579. The standard InChI is InChI=1S/C19H30N2O3/c1-13(2)11-15(17(20)22)21-16(18(23)24-19(3,4)5)12-14-9-7-6-8-10-14/h6-10,13,15-16,21H,11-12H2,1-5H3,(H2,20,22)/t15-,16+/m1/s1. The number of rotatable bonds is 8. The summed E-state index contributed by atoms with van der Waals surface area (Å²) in [6, 6.07) is 8.46. The van der Waals surface area contributed by atoms with Crippen LogP contribution in [0.15, 0.2) is 30.3 Å². The third-order valence-corrected chi connectivity index (χ3v) is 3.43. The number of hydrogen-bond acceptors (Lipinski definition) is 4. The van der Waals surface area contributed by atoms with E-state index in [4.69, 9.17) is 10.5 Å². The molecule has 0 aliphatic heterocycles. The summed E-state index contributed by atoms with van der Waals surface area (Å²) in [5.74, 6) is -0.544. The Kier molecular flexibility index (Phi) is 7.42. The first-order valence-electron chi connectivity index (χ1n) is 8.40. The lowest BCUT2D eigenvalue weighted by Crippen LogP contribution is -2.52. The predicted octanol–water partition coefficient (Wildman–Crippen LogP) is 2.43. The van der Waals surface area contributed by atoms with E-state index in [9.17, 15) is 9.59 Å². The molecule has 24 heavy (non-hydrogen) atoms. The molecule has 0 bridgehead atoms. The van der Waals surface area contributed by atoms with Crippen LogP contribution in [0.25, 0.3) is 0 Å². The first-order valence-corrected chi connectivity index (χ1v) is 8.40. The van der Waals surface area contributed by atoms with Gasteiger partial charge in [-0.05, 0) is 45.1 Å². The molecule has 5 heteroatoms. The fourth-order valence-electron chi connectivity index (χ4n) is 2.41. The number of nitrogens with one attached hydrogen (secondary N) is 1. The highest BCUT2D eigenvalue weighted by Crippen LogP contribution is 2.13. The monoisotopic (exact) mass is 334 g/mol. The molecule has 1 amide bonds. The Labute approximate surface area is 145 Å². The van der Waals surface area contributed by atoms with Gasteiger partial charge < -0.3 is 10.5 Å². The van der Waals surface area contributed by atoms with Crippen LogP contribution >= 0.6 is 0 Å². The molecule has 0 saturated heterocycles. The van der Waals surface area contributed by atoms with E-state index in [1.165, 1.54) is 0 Å². The van der Waals surface area contributed by atoms with Crippen molar-refractivity contribution in [2.24, 2.45) is 11.7 Å². The maximum absolute atomic E-state index is 12.6. The Hall–Kier alpha value is -1.88. The minimum absolute atomic E-state index is 0.283. The molecule has 2 atom stereocenters. The molecular weight excluding hydrogens is 304 g/mol. The summed E-state index contributed by atoms with van der Waals surface area (Å²) >= 11 is 0. The van der Waals surface area contributed by atoms with Crippen LogP contribution in [0.2, 0.25) is 0 Å². The second kappa shape index (κ2) is 8.83. The molecule has 0 radical (unpaired) electrons. The Bertz CT molecular complexity index is 535. The van der Waals surface area contributed by atoms with Crippen molar-refractivity contribution in [2.45, 2.75) is 65.1 Å². The van der Waals surface area contributed by atoms with Crippen LogP contribution in [0, 0.1) is 5.92 Å². The summed E-state index contributed by atoms with van der Waals surface area (Å²) in [4.78, 5) is 24.3. The van der Waals surface area contributed by atoms with E-state index < -0.39 is 23.6 Å². The lowest BCUT2D eigenvalue weighted by atomic mass is 10.00. The quantitative estimate of drug-likeness (QED) is 0.715. The van der Waals surface area contributed by atoms with E-state index in [1.54, 1.807) is 0 Å². The molecule has 1 aromatic carbocycles. The summed E-state index contributed by atoms with van der Waals surface area (Å²) in [6.07, 6.45) is 1.01. The first-order chi connectivity index (χ1) is 11.1. The van der Waals surface area contributed by atoms with Gasteiger partial charge in [0.05, 0.1) is 6.04 Å². The zero-order chi connectivity index (χ0) is 18.3. The summed E-state index contributed by atoms with van der Waals surface area (Å²) in [7, 11) is 0. The lowest BCUT2D eigenvalue weighted by molar-refractivity contribution is -0.157. The van der Waals surface area contributed by atoms with Crippen molar-refractivity contribution in [1.82, 2.24) is 5.32 Å². The Morgan fingerprint density at radius 1 is 1.12 bits per heavy atom. The predicted molar refractivity (Wildman–Crippen MR) is 95.4 cm³/mol. The number of nitrogens with two attached hydrogens (primary N) is 1. The van der Waals surface area contributed by atoms with Crippen LogP contribution in [0.5, 0.6) is 0 Å². The van der Waals surface area contributed by atoms with Crippen LogP contribution in [0.4, 0.5) is 0 Å². The summed E-state index contributed by atoms with van der Waals surface area (Å²) in [5.41, 5.74) is 5.91. The highest BCUT2D eigenvalue weighted by molar-refractivity contribution is 5.82. The molecular formula is C19H30N2O3. The molecule has 0 heterocycles. The normalized spacial score (nSPS) is 14.2. The van der Waals surface area contributed by atoms with Gasteiger partial charge in [-0.25, -0.2) is 0 Å². The van der Waals surface area contributed by atoms with E-state index in [0.29, 0.717) is 12.8 Å². The number of primary amides is 1. The van der Waals surface area contributed by atoms with Crippen LogP contribution in [0.3, 0.4) is 0 Å². The molecule has 134 valence electrons. The highest BCUT2D eigenvalue weighted by atomic mass is 16.6. The van der Waals surface area contributed by atoms with Gasteiger partial charge in [-0.2, -0.15) is 0 Å². The van der Waals surface area contributed by atoms with Crippen molar-refractivity contribution in [1.29, 1.82) is 0 Å². The molecule has 0 aromatic heterocycles. The van der Waals surface area contributed by atoms with Crippen LogP contribution < -0.4 is 11.1 Å². The van der Waals surface area contributed by atoms with Crippen LogP contribution in [0.1, 0.15) is 46.6 Å². The minimum atomic E-state index is -0.622. The van der Waals surface area contributed by atoms with E-state index in [-0.39, 0.29) is 11.9 Å². The largest absolute Gasteiger partial charge is 0.459 e. The second-order valence-electron chi connectivity index (χ2n) is 7.53. The molecule has 0 saturated carbocycles. The number of carbonyl (C=O) groups is 2. The minimum Gasteiger partial charge on any atom is -0.459 e. The van der Waals surface area contributed by atoms with Gasteiger partial charge in [-0.3, -0.25) is 14.9 Å². The summed E-state index contributed by atoms with van der Waals surface area (Å²) in [6.45, 7) is 9.49. The molecule has 0 aliphatic rings. The van der Waals surface area contributed by atoms with Gasteiger partial charge in [0.1, 0.15) is 11.6 Å². The van der Waals surface area contributed by atoms with Crippen LogP contribution in [-0.4, -0.2) is 29.6 Å². The highest BCUT2D eigenvalue weighted by Gasteiger charge is 2.29. The fourth-order valence-corrected chi connectivity index (χ4v) is 2.41. The molecule has 0 aliphatic carbocycles. The van der Waals surface area contributed by atoms with E-state index in [2.05, 4.69) is 5.32 Å². The van der Waals surface area contributed by atoms with E-state index in [1.807, 2.05) is 65.0 Å².